The van der Waals surface area contributed by atoms with Gasteiger partial charge in [0.25, 0.3) is 0 Å². The predicted octanol–water partition coefficient (Wildman–Crippen LogP) is 2.26. The first-order chi connectivity index (χ1) is 7.74. The Morgan fingerprint density at radius 1 is 1.38 bits per heavy atom. The summed E-state index contributed by atoms with van der Waals surface area (Å²) in [6, 6.07) is 3.92. The van der Waals surface area contributed by atoms with E-state index in [9.17, 15) is 8.78 Å². The van der Waals surface area contributed by atoms with Crippen LogP contribution < -0.4 is 5.32 Å². The molecule has 2 rings (SSSR count). The highest BCUT2D eigenvalue weighted by molar-refractivity contribution is 5.23. The van der Waals surface area contributed by atoms with Gasteiger partial charge in [0.2, 0.25) is 0 Å². The molecule has 16 heavy (non-hydrogen) atoms. The van der Waals surface area contributed by atoms with Crippen molar-refractivity contribution in [3.63, 3.8) is 0 Å². The lowest BCUT2D eigenvalue weighted by molar-refractivity contribution is 0.0846. The van der Waals surface area contributed by atoms with E-state index in [1.165, 1.54) is 18.2 Å². The minimum atomic E-state index is -0.520. The second-order valence-electron chi connectivity index (χ2n) is 4.03. The Morgan fingerprint density at radius 3 is 2.69 bits per heavy atom. The van der Waals surface area contributed by atoms with Crippen molar-refractivity contribution in [2.45, 2.75) is 12.5 Å². The fourth-order valence-electron chi connectivity index (χ4n) is 2.21. The van der Waals surface area contributed by atoms with Crippen LogP contribution in [0.2, 0.25) is 0 Å². The molecule has 0 spiro atoms. The molecule has 4 heteroatoms. The van der Waals surface area contributed by atoms with Gasteiger partial charge in [-0.05, 0) is 25.6 Å². The van der Waals surface area contributed by atoms with E-state index in [1.54, 1.807) is 0 Å². The zero-order valence-electron chi connectivity index (χ0n) is 9.17. The number of nitrogens with one attached hydrogen (secondary N) is 1. The Morgan fingerprint density at radius 2 is 2.06 bits per heavy atom. The SMILES string of the molecule is CNCC1CCOC1c1c(F)cccc1F. The molecule has 1 aromatic carbocycles. The van der Waals surface area contributed by atoms with Gasteiger partial charge < -0.3 is 10.1 Å². The molecule has 1 N–H and O–H groups in total. The van der Waals surface area contributed by atoms with Crippen molar-refractivity contribution in [1.29, 1.82) is 0 Å². The third-order valence-electron chi connectivity index (χ3n) is 2.96. The Labute approximate surface area is 93.6 Å². The number of hydrogen-bond donors (Lipinski definition) is 1. The Balaban J connectivity index is 2.29. The molecule has 0 radical (unpaired) electrons. The summed E-state index contributed by atoms with van der Waals surface area (Å²) >= 11 is 0. The van der Waals surface area contributed by atoms with Gasteiger partial charge in [-0.25, -0.2) is 8.78 Å². The summed E-state index contributed by atoms with van der Waals surface area (Å²) in [4.78, 5) is 0. The second kappa shape index (κ2) is 4.89. The molecule has 1 aliphatic rings. The maximum atomic E-state index is 13.6. The fourth-order valence-corrected chi connectivity index (χ4v) is 2.21. The third kappa shape index (κ3) is 2.08. The van der Waals surface area contributed by atoms with Crippen LogP contribution in [0.15, 0.2) is 18.2 Å². The topological polar surface area (TPSA) is 21.3 Å². The lowest BCUT2D eigenvalue weighted by Crippen LogP contribution is -2.22. The van der Waals surface area contributed by atoms with Crippen LogP contribution in [0.1, 0.15) is 18.1 Å². The molecule has 88 valence electrons. The van der Waals surface area contributed by atoms with Gasteiger partial charge in [0.15, 0.2) is 0 Å². The molecule has 0 bridgehead atoms. The van der Waals surface area contributed by atoms with Crippen molar-refractivity contribution in [2.75, 3.05) is 20.2 Å². The first-order valence-corrected chi connectivity index (χ1v) is 5.44. The van der Waals surface area contributed by atoms with Gasteiger partial charge in [-0.15, -0.1) is 0 Å². The van der Waals surface area contributed by atoms with Gasteiger partial charge in [-0.3, -0.25) is 0 Å². The minimum Gasteiger partial charge on any atom is -0.373 e. The number of benzene rings is 1. The molecule has 0 aromatic heterocycles. The van der Waals surface area contributed by atoms with Gasteiger partial charge in [-0.2, -0.15) is 0 Å². The van der Waals surface area contributed by atoms with E-state index in [-0.39, 0.29) is 11.5 Å². The number of halogens is 2. The average Bonchev–Trinajstić information content (AvgIpc) is 2.67. The maximum Gasteiger partial charge on any atom is 0.131 e. The molecule has 1 heterocycles. The van der Waals surface area contributed by atoms with E-state index in [2.05, 4.69) is 5.32 Å². The molecule has 1 fully saturated rings. The van der Waals surface area contributed by atoms with Crippen molar-refractivity contribution >= 4 is 0 Å². The predicted molar refractivity (Wildman–Crippen MR) is 57.1 cm³/mol. The third-order valence-corrected chi connectivity index (χ3v) is 2.96. The highest BCUT2D eigenvalue weighted by atomic mass is 19.1. The first kappa shape index (κ1) is 11.5. The second-order valence-corrected chi connectivity index (χ2v) is 4.03. The molecule has 0 saturated carbocycles. The first-order valence-electron chi connectivity index (χ1n) is 5.44. The van der Waals surface area contributed by atoms with Crippen molar-refractivity contribution in [3.05, 3.63) is 35.4 Å². The monoisotopic (exact) mass is 227 g/mol. The molecule has 1 aromatic rings. The number of hydrogen-bond acceptors (Lipinski definition) is 2. The highest BCUT2D eigenvalue weighted by Gasteiger charge is 2.33. The Bertz CT molecular complexity index is 350. The van der Waals surface area contributed by atoms with Gasteiger partial charge in [0.1, 0.15) is 11.6 Å². The van der Waals surface area contributed by atoms with Crippen LogP contribution in [0.5, 0.6) is 0 Å². The van der Waals surface area contributed by atoms with Crippen molar-refractivity contribution < 1.29 is 13.5 Å². The summed E-state index contributed by atoms with van der Waals surface area (Å²) in [6.45, 7) is 1.27. The summed E-state index contributed by atoms with van der Waals surface area (Å²) in [5.74, 6) is -0.905. The van der Waals surface area contributed by atoms with Crippen molar-refractivity contribution in [2.24, 2.45) is 5.92 Å². The van der Waals surface area contributed by atoms with Gasteiger partial charge >= 0.3 is 0 Å². The largest absolute Gasteiger partial charge is 0.373 e. The number of ether oxygens (including phenoxy) is 1. The van der Waals surface area contributed by atoms with Crippen molar-refractivity contribution in [3.8, 4) is 0 Å². The smallest absolute Gasteiger partial charge is 0.131 e. The standard InChI is InChI=1S/C12H15F2NO/c1-15-7-8-5-6-16-12(8)11-9(13)3-2-4-10(11)14/h2-4,8,12,15H,5-7H2,1H3. The van der Waals surface area contributed by atoms with Crippen LogP contribution in [-0.4, -0.2) is 20.2 Å². The van der Waals surface area contributed by atoms with Crippen LogP contribution in [-0.2, 0) is 4.74 Å². The van der Waals surface area contributed by atoms with E-state index >= 15 is 0 Å². The lowest BCUT2D eigenvalue weighted by Gasteiger charge is -2.19. The molecule has 2 atom stereocenters. The van der Waals surface area contributed by atoms with E-state index in [4.69, 9.17) is 4.74 Å². The summed E-state index contributed by atoms with van der Waals surface area (Å²) in [5.41, 5.74) is 0.0697. The molecule has 1 saturated heterocycles. The van der Waals surface area contributed by atoms with Gasteiger partial charge in [-0.1, -0.05) is 6.07 Å². The van der Waals surface area contributed by atoms with Crippen LogP contribution in [0.4, 0.5) is 8.78 Å². The molecule has 2 unspecified atom stereocenters. The zero-order chi connectivity index (χ0) is 11.5. The van der Waals surface area contributed by atoms with E-state index in [0.29, 0.717) is 13.2 Å². The van der Waals surface area contributed by atoms with Gasteiger partial charge in [0.05, 0.1) is 11.7 Å². The Hall–Kier alpha value is -1.00. The quantitative estimate of drug-likeness (QED) is 0.855. The summed E-state index contributed by atoms with van der Waals surface area (Å²) in [7, 11) is 1.83. The molecule has 2 nitrogen and oxygen atoms in total. The van der Waals surface area contributed by atoms with Crippen LogP contribution in [0.25, 0.3) is 0 Å². The summed E-state index contributed by atoms with van der Waals surface area (Å²) in [5, 5.41) is 3.02. The molecule has 0 amide bonds. The average molecular weight is 227 g/mol. The minimum absolute atomic E-state index is 0.0697. The van der Waals surface area contributed by atoms with E-state index in [1.807, 2.05) is 7.05 Å². The number of rotatable bonds is 3. The molecule has 1 aliphatic heterocycles. The van der Waals surface area contributed by atoms with Gasteiger partial charge in [0, 0.05) is 19.1 Å². The van der Waals surface area contributed by atoms with E-state index < -0.39 is 17.7 Å². The van der Waals surface area contributed by atoms with Crippen LogP contribution in [0.3, 0.4) is 0 Å². The maximum absolute atomic E-state index is 13.6. The molecular weight excluding hydrogens is 212 g/mol. The zero-order valence-corrected chi connectivity index (χ0v) is 9.17. The van der Waals surface area contributed by atoms with Crippen LogP contribution >= 0.6 is 0 Å². The normalized spacial score (nSPS) is 24.9. The van der Waals surface area contributed by atoms with E-state index in [0.717, 1.165) is 6.42 Å². The van der Waals surface area contributed by atoms with Crippen molar-refractivity contribution in [1.82, 2.24) is 5.32 Å². The summed E-state index contributed by atoms with van der Waals surface area (Å²) in [6.07, 6.45) is 0.368. The molecular formula is C12H15F2NO. The molecule has 0 aliphatic carbocycles. The lowest BCUT2D eigenvalue weighted by atomic mass is 9.94. The Kier molecular flexibility index (Phi) is 3.51. The summed E-state index contributed by atoms with van der Waals surface area (Å²) < 4.78 is 32.6. The fraction of sp³-hybridized carbons (Fsp3) is 0.500. The highest BCUT2D eigenvalue weighted by Crippen LogP contribution is 2.36. The van der Waals surface area contributed by atoms with Crippen LogP contribution in [0, 0.1) is 17.6 Å².